The molecule has 31 heavy (non-hydrogen) atoms. The van der Waals surface area contributed by atoms with Gasteiger partial charge in [-0.3, -0.25) is 0 Å². The summed E-state index contributed by atoms with van der Waals surface area (Å²) >= 11 is 0. The first-order valence-electron chi connectivity index (χ1n) is 9.17. The summed E-state index contributed by atoms with van der Waals surface area (Å²) in [5.74, 6) is -2.37. The smallest absolute Gasteiger partial charge is 0.416 e. The van der Waals surface area contributed by atoms with Crippen LogP contribution in [0.15, 0.2) is 71.7 Å². The van der Waals surface area contributed by atoms with E-state index in [1.165, 1.54) is 37.6 Å². The van der Waals surface area contributed by atoms with E-state index in [0.717, 1.165) is 12.1 Å². The first-order chi connectivity index (χ1) is 14.7. The van der Waals surface area contributed by atoms with Crippen molar-refractivity contribution in [3.63, 3.8) is 0 Å². The minimum absolute atomic E-state index is 0.0317. The number of hydrogen-bond acceptors (Lipinski definition) is 6. The summed E-state index contributed by atoms with van der Waals surface area (Å²) in [4.78, 5) is 12.7. The molecule has 4 rings (SSSR count). The Kier molecular flexibility index (Phi) is 5.14. The van der Waals surface area contributed by atoms with Gasteiger partial charge in [0, 0.05) is 17.6 Å². The number of methoxy groups -OCH3 is 1. The molecule has 0 saturated heterocycles. The second-order valence-electron chi connectivity index (χ2n) is 6.90. The fraction of sp³-hybridized carbons (Fsp3) is 0.227. The Balaban J connectivity index is 1.78. The standard InChI is InChI=1S/C22H17F3O6/c1-28-16-8-6-14(7-9-16)21(27)17(19(20(26)31-21)18-11-29-12-30-18)10-13-2-4-15(5-3-13)22(23,24)25/h2-9,11,27H,10,12H2,1H3. The molecule has 2 heterocycles. The average Bonchev–Trinajstić information content (AvgIpc) is 3.35. The van der Waals surface area contributed by atoms with Gasteiger partial charge in [0.2, 0.25) is 6.79 Å². The summed E-state index contributed by atoms with van der Waals surface area (Å²) in [5.41, 5.74) is -0.0249. The third-order valence-electron chi connectivity index (χ3n) is 5.02. The molecule has 1 unspecified atom stereocenters. The number of cyclic esters (lactones) is 1. The Bertz CT molecular complexity index is 1050. The van der Waals surface area contributed by atoms with E-state index in [4.69, 9.17) is 18.9 Å². The van der Waals surface area contributed by atoms with Crippen molar-refractivity contribution >= 4 is 5.97 Å². The summed E-state index contributed by atoms with van der Waals surface area (Å²) in [7, 11) is 1.48. The van der Waals surface area contributed by atoms with E-state index in [9.17, 15) is 23.1 Å². The van der Waals surface area contributed by atoms with Crippen LogP contribution >= 0.6 is 0 Å². The Morgan fingerprint density at radius 2 is 1.77 bits per heavy atom. The Morgan fingerprint density at radius 3 is 2.32 bits per heavy atom. The summed E-state index contributed by atoms with van der Waals surface area (Å²) < 4.78 is 59.4. The minimum Gasteiger partial charge on any atom is -0.497 e. The molecule has 0 aliphatic carbocycles. The fourth-order valence-corrected chi connectivity index (χ4v) is 3.44. The maximum absolute atomic E-state index is 12.9. The average molecular weight is 434 g/mol. The molecule has 6 nitrogen and oxygen atoms in total. The first kappa shape index (κ1) is 20.8. The number of benzene rings is 2. The molecule has 1 atom stereocenters. The summed E-state index contributed by atoms with van der Waals surface area (Å²) in [5, 5.41) is 11.4. The highest BCUT2D eigenvalue weighted by Crippen LogP contribution is 2.44. The summed E-state index contributed by atoms with van der Waals surface area (Å²) in [6.07, 6.45) is -3.31. The van der Waals surface area contributed by atoms with Gasteiger partial charge in [0.25, 0.3) is 5.79 Å². The van der Waals surface area contributed by atoms with Gasteiger partial charge < -0.3 is 24.1 Å². The highest BCUT2D eigenvalue weighted by molar-refractivity contribution is 5.97. The predicted octanol–water partition coefficient (Wildman–Crippen LogP) is 3.80. The number of esters is 1. The number of carbonyl (C=O) groups excluding carboxylic acids is 1. The highest BCUT2D eigenvalue weighted by atomic mass is 19.4. The monoisotopic (exact) mass is 434 g/mol. The van der Waals surface area contributed by atoms with Crippen LogP contribution in [0, 0.1) is 0 Å². The number of halogens is 3. The van der Waals surface area contributed by atoms with Gasteiger partial charge >= 0.3 is 12.1 Å². The minimum atomic E-state index is -4.47. The Morgan fingerprint density at radius 1 is 1.10 bits per heavy atom. The lowest BCUT2D eigenvalue weighted by Crippen LogP contribution is -2.29. The zero-order valence-corrected chi connectivity index (χ0v) is 16.2. The Labute approximate surface area is 175 Å². The van der Waals surface area contributed by atoms with Crippen LogP contribution in [0.1, 0.15) is 16.7 Å². The van der Waals surface area contributed by atoms with E-state index in [2.05, 4.69) is 0 Å². The number of carbonyl (C=O) groups is 1. The molecule has 1 N–H and O–H groups in total. The quantitative estimate of drug-likeness (QED) is 0.722. The molecule has 2 aromatic carbocycles. The first-order valence-corrected chi connectivity index (χ1v) is 9.17. The van der Waals surface area contributed by atoms with Gasteiger partial charge in [-0.15, -0.1) is 0 Å². The number of aliphatic hydroxyl groups is 1. The largest absolute Gasteiger partial charge is 0.497 e. The molecule has 2 aromatic rings. The molecular formula is C22H17F3O6. The van der Waals surface area contributed by atoms with E-state index in [1.807, 2.05) is 0 Å². The molecule has 0 fully saturated rings. The van der Waals surface area contributed by atoms with Gasteiger partial charge in [-0.25, -0.2) is 4.79 Å². The lowest BCUT2D eigenvalue weighted by atomic mass is 9.89. The topological polar surface area (TPSA) is 74.2 Å². The van der Waals surface area contributed by atoms with Crippen molar-refractivity contribution in [1.29, 1.82) is 0 Å². The van der Waals surface area contributed by atoms with E-state index >= 15 is 0 Å². The van der Waals surface area contributed by atoms with Crippen LogP contribution < -0.4 is 4.74 Å². The normalized spacial score (nSPS) is 20.8. The van der Waals surface area contributed by atoms with Crippen LogP contribution in [0.5, 0.6) is 5.75 Å². The second-order valence-corrected chi connectivity index (χ2v) is 6.90. The lowest BCUT2D eigenvalue weighted by molar-refractivity contribution is -0.186. The van der Waals surface area contributed by atoms with E-state index in [0.29, 0.717) is 11.3 Å². The maximum atomic E-state index is 12.9. The van der Waals surface area contributed by atoms with Crippen LogP contribution in [-0.2, 0) is 37.4 Å². The molecule has 2 aliphatic heterocycles. The highest BCUT2D eigenvalue weighted by Gasteiger charge is 2.49. The molecule has 0 amide bonds. The van der Waals surface area contributed by atoms with Crippen LogP contribution in [0.25, 0.3) is 0 Å². The number of alkyl halides is 3. The maximum Gasteiger partial charge on any atom is 0.416 e. The third kappa shape index (κ3) is 3.84. The SMILES string of the molecule is COc1ccc(C2(O)OC(=O)C(C3=COCO3)=C2Cc2ccc(C(F)(F)F)cc2)cc1. The molecule has 0 spiro atoms. The van der Waals surface area contributed by atoms with Crippen LogP contribution in [0.3, 0.4) is 0 Å². The molecule has 2 aliphatic rings. The van der Waals surface area contributed by atoms with Gasteiger partial charge in [-0.1, -0.05) is 12.1 Å². The van der Waals surface area contributed by atoms with Gasteiger partial charge in [0.15, 0.2) is 5.76 Å². The summed E-state index contributed by atoms with van der Waals surface area (Å²) in [6, 6.07) is 10.7. The molecule has 0 bridgehead atoms. The molecule has 9 heteroatoms. The lowest BCUT2D eigenvalue weighted by Gasteiger charge is -2.26. The molecule has 0 saturated carbocycles. The molecule has 0 radical (unpaired) electrons. The number of rotatable bonds is 5. The predicted molar refractivity (Wildman–Crippen MR) is 100 cm³/mol. The molecule has 162 valence electrons. The van der Waals surface area contributed by atoms with Gasteiger partial charge in [-0.2, -0.15) is 13.2 Å². The van der Waals surface area contributed by atoms with Crippen molar-refractivity contribution in [2.24, 2.45) is 0 Å². The molecule has 0 aromatic heterocycles. The van der Waals surface area contributed by atoms with Crippen molar-refractivity contribution in [3.8, 4) is 5.75 Å². The van der Waals surface area contributed by atoms with Gasteiger partial charge in [0.1, 0.15) is 17.6 Å². The fourth-order valence-electron chi connectivity index (χ4n) is 3.44. The van der Waals surface area contributed by atoms with E-state index in [1.54, 1.807) is 12.1 Å². The van der Waals surface area contributed by atoms with E-state index in [-0.39, 0.29) is 35.7 Å². The van der Waals surface area contributed by atoms with Crippen molar-refractivity contribution in [3.05, 3.63) is 88.4 Å². The van der Waals surface area contributed by atoms with Crippen molar-refractivity contribution in [1.82, 2.24) is 0 Å². The summed E-state index contributed by atoms with van der Waals surface area (Å²) in [6.45, 7) is -0.110. The van der Waals surface area contributed by atoms with Gasteiger partial charge in [-0.05, 0) is 42.0 Å². The Hall–Kier alpha value is -3.46. The zero-order valence-electron chi connectivity index (χ0n) is 16.2. The number of ether oxygens (including phenoxy) is 4. The van der Waals surface area contributed by atoms with Gasteiger partial charge in [0.05, 0.1) is 12.7 Å². The van der Waals surface area contributed by atoms with Crippen LogP contribution in [-0.4, -0.2) is 25.0 Å². The van der Waals surface area contributed by atoms with E-state index < -0.39 is 23.5 Å². The third-order valence-corrected chi connectivity index (χ3v) is 5.02. The van der Waals surface area contributed by atoms with Crippen molar-refractivity contribution < 1.29 is 42.0 Å². The zero-order chi connectivity index (χ0) is 22.2. The van der Waals surface area contributed by atoms with Crippen molar-refractivity contribution in [2.75, 3.05) is 13.9 Å². The molecular weight excluding hydrogens is 417 g/mol. The van der Waals surface area contributed by atoms with Crippen LogP contribution in [0.4, 0.5) is 13.2 Å². The second kappa shape index (κ2) is 7.66. The van der Waals surface area contributed by atoms with Crippen molar-refractivity contribution in [2.45, 2.75) is 18.4 Å². The number of hydrogen-bond donors (Lipinski definition) is 1. The van der Waals surface area contributed by atoms with Crippen LogP contribution in [0.2, 0.25) is 0 Å².